The fraction of sp³-hybridized carbons (Fsp3) is 0.333. The lowest BCUT2D eigenvalue weighted by Crippen LogP contribution is -2.35. The number of rotatable bonds is 0. The molecule has 1 aliphatic heterocycles. The maximum atomic E-state index is 9.81. The molecule has 3 nitrogen and oxygen atoms in total. The van der Waals surface area contributed by atoms with Gasteiger partial charge in [-0.05, 0) is 6.92 Å². The van der Waals surface area contributed by atoms with Crippen molar-refractivity contribution in [2.45, 2.75) is 6.92 Å². The summed E-state index contributed by atoms with van der Waals surface area (Å²) >= 11 is 0. The van der Waals surface area contributed by atoms with E-state index < -0.39 is 0 Å². The van der Waals surface area contributed by atoms with Gasteiger partial charge in [0.2, 0.25) is 0 Å². The monoisotopic (exact) mass is 84.0 g/mol. The summed E-state index contributed by atoms with van der Waals surface area (Å²) in [7, 11) is 0. The van der Waals surface area contributed by atoms with Crippen molar-refractivity contribution >= 4 is 11.9 Å². The number of amidine groups is 1. The van der Waals surface area contributed by atoms with Gasteiger partial charge in [0, 0.05) is 0 Å². The first kappa shape index (κ1) is 3.33. The van der Waals surface area contributed by atoms with Gasteiger partial charge in [0.25, 0.3) is 0 Å². The van der Waals surface area contributed by atoms with Crippen LogP contribution in [0.25, 0.3) is 0 Å². The van der Waals surface area contributed by atoms with Crippen LogP contribution in [0.15, 0.2) is 4.99 Å². The normalized spacial score (nSPS) is 18.2. The number of urea groups is 1. The van der Waals surface area contributed by atoms with Crippen LogP contribution in [0, 0.1) is 0 Å². The summed E-state index contributed by atoms with van der Waals surface area (Å²) in [5.74, 6) is 0.708. The number of carbonyl (C=O) groups is 1. The van der Waals surface area contributed by atoms with Gasteiger partial charge in [-0.15, -0.1) is 0 Å². The smallest absolute Gasteiger partial charge is 0.294 e. The van der Waals surface area contributed by atoms with Crippen LogP contribution in [-0.2, 0) is 0 Å². The van der Waals surface area contributed by atoms with E-state index in [0.29, 0.717) is 5.84 Å². The van der Waals surface area contributed by atoms with Crippen molar-refractivity contribution in [3.05, 3.63) is 0 Å². The molecule has 0 saturated carbocycles. The van der Waals surface area contributed by atoms with Crippen LogP contribution < -0.4 is 5.32 Å². The highest BCUT2D eigenvalue weighted by Crippen LogP contribution is 1.85. The molecule has 0 spiro atoms. The predicted molar refractivity (Wildman–Crippen MR) is 21.6 cm³/mol. The zero-order valence-corrected chi connectivity index (χ0v) is 3.36. The third-order valence-corrected chi connectivity index (χ3v) is 0.557. The maximum Gasteiger partial charge on any atom is 0.347 e. The Morgan fingerprint density at radius 3 is 2.33 bits per heavy atom. The third kappa shape index (κ3) is 0.282. The average Bonchev–Trinajstić information content (AvgIpc) is 1.33. The minimum absolute atomic E-state index is 0.229. The van der Waals surface area contributed by atoms with Gasteiger partial charge in [0.05, 0.1) is 0 Å². The molecule has 0 aromatic carbocycles. The highest BCUT2D eigenvalue weighted by molar-refractivity contribution is 6.10. The molecular formula is C3H4N2O. The zero-order valence-electron chi connectivity index (χ0n) is 3.36. The standard InChI is InChI=1S/C3H4N2O/c1-2-4-3(6)5-2/h1H3,(H,4,5,6). The van der Waals surface area contributed by atoms with E-state index in [4.69, 9.17) is 0 Å². The Hall–Kier alpha value is -0.860. The second kappa shape index (κ2) is 0.801. The highest BCUT2D eigenvalue weighted by atomic mass is 16.2. The molecule has 6 heavy (non-hydrogen) atoms. The summed E-state index contributed by atoms with van der Waals surface area (Å²) in [6, 6.07) is -0.229. The second-order valence-electron chi connectivity index (χ2n) is 1.13. The average molecular weight is 84.1 g/mol. The van der Waals surface area contributed by atoms with Crippen molar-refractivity contribution in [2.75, 3.05) is 0 Å². The van der Waals surface area contributed by atoms with Gasteiger partial charge in [-0.1, -0.05) is 0 Å². The Kier molecular flexibility index (Phi) is 0.445. The molecule has 0 fully saturated rings. The highest BCUT2D eigenvalue weighted by Gasteiger charge is 2.08. The summed E-state index contributed by atoms with van der Waals surface area (Å²) in [6.07, 6.45) is 0. The molecule has 0 saturated heterocycles. The molecule has 0 unspecified atom stereocenters. The van der Waals surface area contributed by atoms with Crippen molar-refractivity contribution < 1.29 is 4.79 Å². The zero-order chi connectivity index (χ0) is 4.57. The molecule has 3 heteroatoms. The number of nitrogens with zero attached hydrogens (tertiary/aromatic N) is 1. The van der Waals surface area contributed by atoms with Crippen LogP contribution in [0.3, 0.4) is 0 Å². The van der Waals surface area contributed by atoms with Gasteiger partial charge >= 0.3 is 6.03 Å². The largest absolute Gasteiger partial charge is 0.347 e. The molecular weight excluding hydrogens is 80.0 g/mol. The van der Waals surface area contributed by atoms with Crippen LogP contribution in [0.4, 0.5) is 4.79 Å². The summed E-state index contributed by atoms with van der Waals surface area (Å²) < 4.78 is 0. The van der Waals surface area contributed by atoms with E-state index in [0.717, 1.165) is 0 Å². The van der Waals surface area contributed by atoms with Crippen molar-refractivity contribution in [3.63, 3.8) is 0 Å². The van der Waals surface area contributed by atoms with E-state index in [9.17, 15) is 4.79 Å². The Labute approximate surface area is 35.1 Å². The van der Waals surface area contributed by atoms with Crippen molar-refractivity contribution in [3.8, 4) is 0 Å². The van der Waals surface area contributed by atoms with Crippen LogP contribution in [-0.4, -0.2) is 11.9 Å². The molecule has 2 amide bonds. The first-order valence-electron chi connectivity index (χ1n) is 1.65. The van der Waals surface area contributed by atoms with Gasteiger partial charge in [-0.25, -0.2) is 4.79 Å². The van der Waals surface area contributed by atoms with E-state index in [1.54, 1.807) is 6.92 Å². The topological polar surface area (TPSA) is 41.5 Å². The number of hydrogen-bond acceptors (Lipinski definition) is 1. The van der Waals surface area contributed by atoms with Crippen LogP contribution in [0.1, 0.15) is 6.92 Å². The van der Waals surface area contributed by atoms with Gasteiger partial charge in [0.1, 0.15) is 5.84 Å². The van der Waals surface area contributed by atoms with E-state index in [-0.39, 0.29) is 6.03 Å². The number of nitrogens with one attached hydrogen (secondary N) is 1. The maximum absolute atomic E-state index is 9.81. The summed E-state index contributed by atoms with van der Waals surface area (Å²) in [5.41, 5.74) is 0. The Balaban J connectivity index is 2.68. The predicted octanol–water partition coefficient (Wildman–Crippen LogP) is 0.128. The number of hydrogen-bond donors (Lipinski definition) is 1. The molecule has 0 aromatic rings. The molecule has 0 aromatic heterocycles. The minimum Gasteiger partial charge on any atom is -0.294 e. The van der Waals surface area contributed by atoms with Crippen LogP contribution in [0.2, 0.25) is 0 Å². The second-order valence-corrected chi connectivity index (χ2v) is 1.13. The Morgan fingerprint density at radius 1 is 1.83 bits per heavy atom. The quantitative estimate of drug-likeness (QED) is 0.445. The minimum atomic E-state index is -0.229. The summed E-state index contributed by atoms with van der Waals surface area (Å²) in [6.45, 7) is 1.74. The SMILES string of the molecule is CC1=NC(=O)N1. The third-order valence-electron chi connectivity index (χ3n) is 0.557. The summed E-state index contributed by atoms with van der Waals surface area (Å²) in [4.78, 5) is 13.2. The molecule has 1 aliphatic rings. The molecule has 0 radical (unpaired) electrons. The van der Waals surface area contributed by atoms with Gasteiger partial charge in [0.15, 0.2) is 0 Å². The van der Waals surface area contributed by atoms with Gasteiger partial charge in [-0.3, -0.25) is 5.32 Å². The van der Waals surface area contributed by atoms with Crippen LogP contribution >= 0.6 is 0 Å². The molecule has 0 bridgehead atoms. The lowest BCUT2D eigenvalue weighted by atomic mass is 10.6. The molecule has 1 N–H and O–H groups in total. The number of aliphatic imine (C=N–C) groups is 1. The molecule has 0 aliphatic carbocycles. The molecule has 0 atom stereocenters. The number of amides is 2. The van der Waals surface area contributed by atoms with Crippen LogP contribution in [0.5, 0.6) is 0 Å². The van der Waals surface area contributed by atoms with E-state index in [1.807, 2.05) is 0 Å². The van der Waals surface area contributed by atoms with Gasteiger partial charge in [-0.2, -0.15) is 4.99 Å². The lowest BCUT2D eigenvalue weighted by molar-refractivity contribution is 0.250. The van der Waals surface area contributed by atoms with E-state index in [2.05, 4.69) is 10.3 Å². The Morgan fingerprint density at radius 2 is 2.33 bits per heavy atom. The fourth-order valence-corrected chi connectivity index (χ4v) is 0.310. The Bertz CT molecular complexity index is 116. The first-order valence-corrected chi connectivity index (χ1v) is 1.65. The lowest BCUT2D eigenvalue weighted by Gasteiger charge is -2.06. The van der Waals surface area contributed by atoms with Crippen molar-refractivity contribution in [1.82, 2.24) is 5.32 Å². The van der Waals surface area contributed by atoms with E-state index in [1.165, 1.54) is 0 Å². The molecule has 1 rings (SSSR count). The molecule has 32 valence electrons. The van der Waals surface area contributed by atoms with Crippen molar-refractivity contribution in [2.24, 2.45) is 4.99 Å². The van der Waals surface area contributed by atoms with Crippen molar-refractivity contribution in [1.29, 1.82) is 0 Å². The van der Waals surface area contributed by atoms with E-state index >= 15 is 0 Å². The van der Waals surface area contributed by atoms with Gasteiger partial charge < -0.3 is 0 Å². The summed E-state index contributed by atoms with van der Waals surface area (Å²) in [5, 5.41) is 2.42. The first-order chi connectivity index (χ1) is 2.79. The fourth-order valence-electron chi connectivity index (χ4n) is 0.310. The molecule has 1 heterocycles. The number of carbonyl (C=O) groups excluding carboxylic acids is 1.